The Labute approximate surface area is 119 Å². The largest absolute Gasteiger partial charge is 0.496 e. The minimum absolute atomic E-state index is 0.0480. The number of hydrogen-bond donors (Lipinski definition) is 1. The van der Waals surface area contributed by atoms with Crippen LogP contribution in [-0.2, 0) is 6.54 Å². The average Bonchev–Trinajstić information content (AvgIpc) is 2.82. The highest BCUT2D eigenvalue weighted by molar-refractivity contribution is 5.61. The highest BCUT2D eigenvalue weighted by Crippen LogP contribution is 2.31. The van der Waals surface area contributed by atoms with Gasteiger partial charge in [-0.15, -0.1) is 0 Å². The minimum Gasteiger partial charge on any atom is -0.496 e. The second-order valence-corrected chi connectivity index (χ2v) is 5.77. The molecule has 1 aromatic carbocycles. The lowest BCUT2D eigenvalue weighted by Crippen LogP contribution is -2.26. The van der Waals surface area contributed by atoms with Crippen LogP contribution in [0.1, 0.15) is 30.8 Å². The van der Waals surface area contributed by atoms with Crippen molar-refractivity contribution in [2.75, 3.05) is 7.11 Å². The van der Waals surface area contributed by atoms with Gasteiger partial charge in [0.25, 0.3) is 0 Å². The predicted octanol–water partition coefficient (Wildman–Crippen LogP) is 2.91. The van der Waals surface area contributed by atoms with E-state index in [1.54, 1.807) is 7.11 Å². The molecule has 2 N–H and O–H groups in total. The van der Waals surface area contributed by atoms with Crippen molar-refractivity contribution in [2.24, 2.45) is 11.7 Å². The number of ether oxygens (including phenoxy) is 1. The van der Waals surface area contributed by atoms with Crippen LogP contribution in [0.15, 0.2) is 24.4 Å². The van der Waals surface area contributed by atoms with E-state index in [9.17, 15) is 0 Å². The molecule has 0 aliphatic carbocycles. The van der Waals surface area contributed by atoms with Gasteiger partial charge < -0.3 is 15.0 Å². The molecule has 0 saturated heterocycles. The second-order valence-electron chi connectivity index (χ2n) is 5.77. The maximum atomic E-state index is 6.20. The normalized spacial score (nSPS) is 21.6. The monoisotopic (exact) mass is 271 g/mol. The van der Waals surface area contributed by atoms with Crippen molar-refractivity contribution >= 4 is 0 Å². The fraction of sp³-hybridized carbons (Fsp3) is 0.438. The molecule has 2 aromatic rings. The number of hydrogen-bond acceptors (Lipinski definition) is 3. The van der Waals surface area contributed by atoms with E-state index < -0.39 is 0 Å². The van der Waals surface area contributed by atoms with Crippen LogP contribution in [0, 0.1) is 12.8 Å². The highest BCUT2D eigenvalue weighted by atomic mass is 16.5. The Morgan fingerprint density at radius 1 is 1.40 bits per heavy atom. The van der Waals surface area contributed by atoms with E-state index >= 15 is 0 Å². The molecule has 0 spiro atoms. The van der Waals surface area contributed by atoms with E-state index in [0.29, 0.717) is 5.92 Å². The second kappa shape index (κ2) is 4.94. The Morgan fingerprint density at radius 3 is 2.90 bits per heavy atom. The van der Waals surface area contributed by atoms with E-state index in [4.69, 9.17) is 15.5 Å². The number of fused-ring (bicyclic) bond motifs is 1. The number of rotatable bonds is 2. The van der Waals surface area contributed by atoms with Crippen LogP contribution in [0.4, 0.5) is 0 Å². The zero-order chi connectivity index (χ0) is 14.3. The summed E-state index contributed by atoms with van der Waals surface area (Å²) in [5, 5.41) is 0. The van der Waals surface area contributed by atoms with Crippen molar-refractivity contribution in [1.29, 1.82) is 0 Å². The lowest BCUT2D eigenvalue weighted by atomic mass is 9.98. The molecule has 1 aliphatic heterocycles. The number of nitrogens with two attached hydrogens (primary N) is 1. The molecular weight excluding hydrogens is 250 g/mol. The van der Waals surface area contributed by atoms with Crippen LogP contribution in [-0.4, -0.2) is 16.7 Å². The van der Waals surface area contributed by atoms with Crippen molar-refractivity contribution in [1.82, 2.24) is 9.55 Å². The first-order valence-corrected chi connectivity index (χ1v) is 7.06. The summed E-state index contributed by atoms with van der Waals surface area (Å²) < 4.78 is 7.50. The fourth-order valence-electron chi connectivity index (χ4n) is 3.00. The molecule has 2 atom stereocenters. The summed E-state index contributed by atoms with van der Waals surface area (Å²) >= 11 is 0. The molecule has 4 heteroatoms. The van der Waals surface area contributed by atoms with Crippen LogP contribution in [0.5, 0.6) is 5.75 Å². The first-order chi connectivity index (χ1) is 9.58. The molecular formula is C16H21N3O. The Balaban J connectivity index is 1.99. The van der Waals surface area contributed by atoms with Gasteiger partial charge in [0.05, 0.1) is 18.8 Å². The highest BCUT2D eigenvalue weighted by Gasteiger charge is 2.24. The third-order valence-electron chi connectivity index (χ3n) is 3.99. The zero-order valence-electron chi connectivity index (χ0n) is 12.3. The van der Waals surface area contributed by atoms with Crippen LogP contribution in [0.2, 0.25) is 0 Å². The zero-order valence-corrected chi connectivity index (χ0v) is 12.3. The molecule has 106 valence electrons. The maximum absolute atomic E-state index is 6.20. The van der Waals surface area contributed by atoms with Gasteiger partial charge >= 0.3 is 0 Å². The summed E-state index contributed by atoms with van der Waals surface area (Å²) in [5.74, 6) is 2.52. The number of aromatic nitrogens is 2. The van der Waals surface area contributed by atoms with Crippen molar-refractivity contribution in [2.45, 2.75) is 32.9 Å². The van der Waals surface area contributed by atoms with Gasteiger partial charge in [-0.05, 0) is 43.0 Å². The lowest BCUT2D eigenvalue weighted by molar-refractivity contribution is 0.346. The van der Waals surface area contributed by atoms with Gasteiger partial charge in [-0.2, -0.15) is 0 Å². The third kappa shape index (κ3) is 2.20. The van der Waals surface area contributed by atoms with E-state index in [0.717, 1.165) is 41.4 Å². The first-order valence-electron chi connectivity index (χ1n) is 7.06. The fourth-order valence-corrected chi connectivity index (χ4v) is 3.00. The summed E-state index contributed by atoms with van der Waals surface area (Å²) in [4.78, 5) is 4.73. The smallest absolute Gasteiger partial charge is 0.126 e. The van der Waals surface area contributed by atoms with E-state index in [1.165, 1.54) is 0 Å². The Hall–Kier alpha value is -1.81. The lowest BCUT2D eigenvalue weighted by Gasteiger charge is -2.25. The van der Waals surface area contributed by atoms with Gasteiger partial charge in [0, 0.05) is 18.3 Å². The van der Waals surface area contributed by atoms with E-state index in [1.807, 2.05) is 13.0 Å². The van der Waals surface area contributed by atoms with E-state index in [-0.39, 0.29) is 6.04 Å². The molecule has 4 nitrogen and oxygen atoms in total. The van der Waals surface area contributed by atoms with Crippen LogP contribution in [0.25, 0.3) is 11.3 Å². The molecule has 0 fully saturated rings. The number of methoxy groups -OCH3 is 1. The van der Waals surface area contributed by atoms with E-state index in [2.05, 4.69) is 29.8 Å². The summed E-state index contributed by atoms with van der Waals surface area (Å²) in [6.07, 6.45) is 3.13. The molecule has 2 heterocycles. The van der Waals surface area contributed by atoms with Crippen molar-refractivity contribution in [3.63, 3.8) is 0 Å². The standard InChI is InChI=1S/C16H21N3O/c1-10-6-13(17)16-18-14(9-19(16)8-10)12-4-5-15(20-3)11(2)7-12/h4-5,7,9-10,13H,6,8,17H2,1-3H3. The molecule has 2 unspecified atom stereocenters. The molecule has 1 aromatic heterocycles. The molecule has 0 saturated carbocycles. The van der Waals surface area contributed by atoms with Gasteiger partial charge in [-0.25, -0.2) is 4.98 Å². The molecule has 1 aliphatic rings. The van der Waals surface area contributed by atoms with Crippen molar-refractivity contribution in [3.05, 3.63) is 35.8 Å². The molecule has 3 rings (SSSR count). The van der Waals surface area contributed by atoms with Crippen molar-refractivity contribution < 1.29 is 4.74 Å². The molecule has 0 radical (unpaired) electrons. The predicted molar refractivity (Wildman–Crippen MR) is 79.7 cm³/mol. The van der Waals surface area contributed by atoms with Gasteiger partial charge in [-0.1, -0.05) is 6.92 Å². The summed E-state index contributed by atoms with van der Waals surface area (Å²) in [6, 6.07) is 6.20. The first kappa shape index (κ1) is 13.2. The summed E-state index contributed by atoms with van der Waals surface area (Å²) in [7, 11) is 1.69. The SMILES string of the molecule is COc1ccc(-c2cn3c(n2)C(N)CC(C)C3)cc1C. The van der Waals surface area contributed by atoms with Crippen LogP contribution in [0.3, 0.4) is 0 Å². The van der Waals surface area contributed by atoms with Crippen LogP contribution < -0.4 is 10.5 Å². The maximum Gasteiger partial charge on any atom is 0.126 e. The molecule has 20 heavy (non-hydrogen) atoms. The summed E-state index contributed by atoms with van der Waals surface area (Å²) in [6.45, 7) is 5.29. The van der Waals surface area contributed by atoms with Crippen LogP contribution >= 0.6 is 0 Å². The third-order valence-corrected chi connectivity index (χ3v) is 3.99. The number of aryl methyl sites for hydroxylation is 1. The number of benzene rings is 1. The average molecular weight is 271 g/mol. The Kier molecular flexibility index (Phi) is 3.26. The molecule has 0 amide bonds. The van der Waals surface area contributed by atoms with Gasteiger partial charge in [0.2, 0.25) is 0 Å². The Morgan fingerprint density at radius 2 is 2.20 bits per heavy atom. The van der Waals surface area contributed by atoms with Crippen molar-refractivity contribution in [3.8, 4) is 17.0 Å². The van der Waals surface area contributed by atoms with Gasteiger partial charge in [0.15, 0.2) is 0 Å². The molecule has 0 bridgehead atoms. The Bertz CT molecular complexity index is 633. The quantitative estimate of drug-likeness (QED) is 0.913. The van der Waals surface area contributed by atoms with Gasteiger partial charge in [-0.3, -0.25) is 0 Å². The minimum atomic E-state index is 0.0480. The number of imidazole rings is 1. The summed E-state index contributed by atoms with van der Waals surface area (Å²) in [5.41, 5.74) is 9.43. The number of nitrogens with zero attached hydrogens (tertiary/aromatic N) is 2. The topological polar surface area (TPSA) is 53.1 Å². The van der Waals surface area contributed by atoms with Gasteiger partial charge in [0.1, 0.15) is 11.6 Å².